The molecule has 0 fully saturated rings. The monoisotopic (exact) mass is 316 g/mol. The van der Waals surface area contributed by atoms with Gasteiger partial charge in [-0.05, 0) is 11.2 Å². The molecule has 0 aromatic rings. The van der Waals surface area contributed by atoms with Crippen LogP contribution in [0.3, 0.4) is 0 Å². The minimum atomic E-state index is -0.0869. The van der Waals surface area contributed by atoms with Gasteiger partial charge in [-0.3, -0.25) is 0 Å². The zero-order valence-corrected chi connectivity index (χ0v) is 14.4. The van der Waals surface area contributed by atoms with Crippen molar-refractivity contribution in [3.05, 3.63) is 0 Å². The zero-order chi connectivity index (χ0) is 13.6. The summed E-state index contributed by atoms with van der Waals surface area (Å²) in [5.74, 6) is 0.751. The Labute approximate surface area is 127 Å². The lowest BCUT2D eigenvalue weighted by Gasteiger charge is -2.37. The first-order chi connectivity index (χ1) is 7.81. The van der Waals surface area contributed by atoms with Crippen LogP contribution < -0.4 is 0 Å². The summed E-state index contributed by atoms with van der Waals surface area (Å²) in [4.78, 5) is 0. The average molecular weight is 317 g/mol. The molecule has 2 nitrogen and oxygen atoms in total. The summed E-state index contributed by atoms with van der Waals surface area (Å²) in [7, 11) is 3.31. The van der Waals surface area contributed by atoms with Gasteiger partial charge in [0.2, 0.25) is 0 Å². The number of rotatable bonds is 8. The van der Waals surface area contributed by atoms with Crippen molar-refractivity contribution in [3.63, 3.8) is 0 Å². The predicted molar refractivity (Wildman–Crippen MR) is 88.6 cm³/mol. The lowest BCUT2D eigenvalue weighted by atomic mass is 9.87. The van der Waals surface area contributed by atoms with Crippen LogP contribution in [0.2, 0.25) is 0 Å². The molecule has 0 aliphatic heterocycles. The minimum Gasteiger partial charge on any atom is -0.382 e. The van der Waals surface area contributed by atoms with E-state index in [-0.39, 0.29) is 27.3 Å². The second-order valence-electron chi connectivity index (χ2n) is 4.80. The highest BCUT2D eigenvalue weighted by Gasteiger charge is 2.36. The first kappa shape index (κ1) is 18.3. The predicted octanol–water partition coefficient (Wildman–Crippen LogP) is 2.50. The Balaban J connectivity index is 4.61. The Morgan fingerprint density at radius 1 is 1.06 bits per heavy atom. The molecule has 0 radical (unpaired) electrons. The van der Waals surface area contributed by atoms with E-state index in [0.29, 0.717) is 6.61 Å². The van der Waals surface area contributed by atoms with E-state index < -0.39 is 0 Å². The summed E-state index contributed by atoms with van der Waals surface area (Å²) in [5, 5.41) is 0.0502. The van der Waals surface area contributed by atoms with Crippen molar-refractivity contribution in [3.8, 4) is 0 Å². The van der Waals surface area contributed by atoms with Crippen LogP contribution in [0.5, 0.6) is 0 Å². The summed E-state index contributed by atoms with van der Waals surface area (Å²) >= 11 is 18.2. The fourth-order valence-corrected chi connectivity index (χ4v) is 3.16. The van der Waals surface area contributed by atoms with Crippen LogP contribution in [0.25, 0.3) is 0 Å². The number of thiol groups is 4. The third kappa shape index (κ3) is 5.45. The van der Waals surface area contributed by atoms with E-state index in [9.17, 15) is 0 Å². The number of methoxy groups -OCH3 is 2. The summed E-state index contributed by atoms with van der Waals surface area (Å²) in [6, 6.07) is 0. The van der Waals surface area contributed by atoms with Gasteiger partial charge >= 0.3 is 0 Å². The maximum absolute atomic E-state index is 5.37. The van der Waals surface area contributed by atoms with Gasteiger partial charge in [-0.2, -0.15) is 50.5 Å². The van der Waals surface area contributed by atoms with E-state index in [1.807, 2.05) is 0 Å². The molecule has 0 rings (SSSR count). The average Bonchev–Trinajstić information content (AvgIpc) is 2.33. The molecule has 0 heterocycles. The molecule has 0 aromatic carbocycles. The lowest BCUT2D eigenvalue weighted by Crippen LogP contribution is -2.44. The molecule has 0 aliphatic rings. The first-order valence-electron chi connectivity index (χ1n) is 5.48. The second kappa shape index (κ2) is 8.48. The van der Waals surface area contributed by atoms with Gasteiger partial charge in [-0.1, -0.05) is 13.8 Å². The maximum atomic E-state index is 5.37. The fraction of sp³-hybridized carbons (Fsp3) is 1.00. The molecule has 0 saturated heterocycles. The van der Waals surface area contributed by atoms with Gasteiger partial charge in [-0.15, -0.1) is 0 Å². The second-order valence-corrected chi connectivity index (χ2v) is 6.87. The van der Waals surface area contributed by atoms with Crippen molar-refractivity contribution in [1.29, 1.82) is 0 Å². The molecule has 0 spiro atoms. The number of hydrogen-bond donors (Lipinski definition) is 4. The molecule has 4 atom stereocenters. The Morgan fingerprint density at radius 3 is 1.94 bits per heavy atom. The molecule has 0 N–H and O–H groups in total. The van der Waals surface area contributed by atoms with E-state index in [1.165, 1.54) is 0 Å². The Kier molecular flexibility index (Phi) is 9.14. The fourth-order valence-electron chi connectivity index (χ4n) is 1.43. The van der Waals surface area contributed by atoms with Crippen LogP contribution in [0.4, 0.5) is 0 Å². The van der Waals surface area contributed by atoms with Crippen LogP contribution in [-0.2, 0) is 9.47 Å². The van der Waals surface area contributed by atoms with Gasteiger partial charge in [0, 0.05) is 30.0 Å². The quantitative estimate of drug-likeness (QED) is 0.516. The molecule has 104 valence electrons. The van der Waals surface area contributed by atoms with Gasteiger partial charge in [0.05, 0.1) is 12.7 Å². The lowest BCUT2D eigenvalue weighted by molar-refractivity contribution is 0.0265. The molecule has 6 heteroatoms. The van der Waals surface area contributed by atoms with Crippen LogP contribution in [0.1, 0.15) is 13.8 Å². The van der Waals surface area contributed by atoms with Gasteiger partial charge in [-0.25, -0.2) is 0 Å². The van der Waals surface area contributed by atoms with Gasteiger partial charge in [0.1, 0.15) is 0 Å². The number of hydrogen-bond acceptors (Lipinski definition) is 6. The zero-order valence-electron chi connectivity index (χ0n) is 10.8. The summed E-state index contributed by atoms with van der Waals surface area (Å²) in [6.45, 7) is 4.75. The van der Waals surface area contributed by atoms with Crippen molar-refractivity contribution in [2.45, 2.75) is 35.7 Å². The van der Waals surface area contributed by atoms with Crippen molar-refractivity contribution in [1.82, 2.24) is 0 Å². The Morgan fingerprint density at radius 2 is 1.59 bits per heavy atom. The van der Waals surface area contributed by atoms with E-state index in [2.05, 4.69) is 64.4 Å². The molecular formula is C11H24O2S4. The molecule has 0 saturated carbocycles. The van der Waals surface area contributed by atoms with E-state index in [4.69, 9.17) is 9.47 Å². The minimum absolute atomic E-state index is 0.00363. The standard InChI is InChI=1S/C11H24O2S4/c1-11(2,6-14)10(17)9(16)8(15)7(13-4)5-12-3/h7-10,14-17H,5-6H2,1-4H3. The van der Waals surface area contributed by atoms with Gasteiger partial charge in [0.25, 0.3) is 0 Å². The van der Waals surface area contributed by atoms with Crippen LogP contribution in [-0.4, -0.2) is 48.4 Å². The summed E-state index contributed by atoms with van der Waals surface area (Å²) < 4.78 is 10.5. The van der Waals surface area contributed by atoms with Crippen LogP contribution in [0, 0.1) is 5.41 Å². The molecule has 0 aromatic heterocycles. The smallest absolute Gasteiger partial charge is 0.0931 e. The van der Waals surface area contributed by atoms with Crippen molar-refractivity contribution >= 4 is 50.5 Å². The number of ether oxygens (including phenoxy) is 2. The molecule has 4 unspecified atom stereocenters. The van der Waals surface area contributed by atoms with Crippen LogP contribution in [0.15, 0.2) is 0 Å². The normalized spacial score (nSPS) is 19.8. The van der Waals surface area contributed by atoms with E-state index >= 15 is 0 Å². The van der Waals surface area contributed by atoms with Gasteiger partial charge in [0.15, 0.2) is 0 Å². The summed E-state index contributed by atoms with van der Waals surface area (Å²) in [5.41, 5.74) is -0.00895. The Bertz CT molecular complexity index is 214. The van der Waals surface area contributed by atoms with Crippen molar-refractivity contribution in [2.24, 2.45) is 5.41 Å². The molecular weight excluding hydrogens is 292 g/mol. The van der Waals surface area contributed by atoms with E-state index in [1.54, 1.807) is 14.2 Å². The largest absolute Gasteiger partial charge is 0.382 e. The van der Waals surface area contributed by atoms with Crippen molar-refractivity contribution < 1.29 is 9.47 Å². The van der Waals surface area contributed by atoms with Gasteiger partial charge < -0.3 is 9.47 Å². The summed E-state index contributed by atoms with van der Waals surface area (Å²) in [6.07, 6.45) is -0.0869. The molecule has 17 heavy (non-hydrogen) atoms. The molecule has 0 bridgehead atoms. The van der Waals surface area contributed by atoms with Crippen molar-refractivity contribution in [2.75, 3.05) is 26.6 Å². The molecule has 0 aliphatic carbocycles. The first-order valence-corrected chi connectivity index (χ1v) is 7.66. The topological polar surface area (TPSA) is 18.5 Å². The Hall–Kier alpha value is 1.32. The third-order valence-electron chi connectivity index (χ3n) is 2.90. The third-order valence-corrected chi connectivity index (χ3v) is 6.47. The maximum Gasteiger partial charge on any atom is 0.0931 e. The molecule has 0 amide bonds. The van der Waals surface area contributed by atoms with Crippen LogP contribution >= 0.6 is 50.5 Å². The highest BCUT2D eigenvalue weighted by atomic mass is 32.1. The highest BCUT2D eigenvalue weighted by molar-refractivity contribution is 7.87. The SMILES string of the molecule is COCC(OC)C(S)C(S)C(S)C(C)(C)CS. The highest BCUT2D eigenvalue weighted by Crippen LogP contribution is 2.34. The van der Waals surface area contributed by atoms with E-state index in [0.717, 1.165) is 5.75 Å².